The van der Waals surface area contributed by atoms with Gasteiger partial charge < -0.3 is 4.98 Å². The van der Waals surface area contributed by atoms with Crippen molar-refractivity contribution < 1.29 is 0 Å². The molecule has 2 aromatic carbocycles. The van der Waals surface area contributed by atoms with Gasteiger partial charge in [-0.15, -0.1) is 0 Å². The summed E-state index contributed by atoms with van der Waals surface area (Å²) in [4.78, 5) is 7.91. The van der Waals surface area contributed by atoms with Crippen molar-refractivity contribution >= 4 is 44.7 Å². The average Bonchev–Trinajstić information content (AvgIpc) is 3.01. The number of H-pyrrole nitrogens is 1. The summed E-state index contributed by atoms with van der Waals surface area (Å²) in [6, 6.07) is 8.86. The molecule has 0 unspecified atom stereocenters. The summed E-state index contributed by atoms with van der Waals surface area (Å²) >= 11 is 0. The maximum absolute atomic E-state index is 4.23. The van der Waals surface area contributed by atoms with Crippen LogP contribution in [-0.4, -0.2) is 9.97 Å². The van der Waals surface area contributed by atoms with Gasteiger partial charge in [-0.2, -0.15) is 0 Å². The molecule has 2 nitrogen and oxygen atoms in total. The van der Waals surface area contributed by atoms with Crippen molar-refractivity contribution in [2.24, 2.45) is 5.41 Å². The van der Waals surface area contributed by atoms with Crippen molar-refractivity contribution in [2.45, 2.75) is 13.8 Å². The van der Waals surface area contributed by atoms with E-state index in [4.69, 9.17) is 0 Å². The van der Waals surface area contributed by atoms with E-state index in [1.807, 2.05) is 12.4 Å². The van der Waals surface area contributed by atoms with Gasteiger partial charge in [0.25, 0.3) is 0 Å². The Hall–Kier alpha value is -2.61. The molecule has 0 amide bonds. The number of hydrogen-bond donors (Lipinski definition) is 1. The molecule has 0 fully saturated rings. The first-order valence-electron chi connectivity index (χ1n) is 7.65. The minimum Gasteiger partial charge on any atom is -0.354 e. The second-order valence-electron chi connectivity index (χ2n) is 6.85. The van der Waals surface area contributed by atoms with Gasteiger partial charge in [-0.3, -0.25) is 4.98 Å². The summed E-state index contributed by atoms with van der Waals surface area (Å²) < 4.78 is 0. The van der Waals surface area contributed by atoms with Crippen molar-refractivity contribution in [3.63, 3.8) is 0 Å². The molecule has 0 radical (unpaired) electrons. The predicted molar refractivity (Wildman–Crippen MR) is 93.6 cm³/mol. The van der Waals surface area contributed by atoms with Gasteiger partial charge in [0.15, 0.2) is 0 Å². The van der Waals surface area contributed by atoms with Gasteiger partial charge in [0.05, 0.1) is 11.0 Å². The topological polar surface area (TPSA) is 28.7 Å². The molecule has 2 heteroatoms. The third-order valence-corrected chi connectivity index (χ3v) is 4.67. The number of rotatable bonds is 0. The molecule has 4 aromatic rings. The van der Waals surface area contributed by atoms with Crippen LogP contribution in [0.4, 0.5) is 0 Å². The van der Waals surface area contributed by atoms with Gasteiger partial charge in [0.1, 0.15) is 0 Å². The van der Waals surface area contributed by atoms with Crippen LogP contribution in [-0.2, 0) is 0 Å². The van der Waals surface area contributed by atoms with E-state index in [0.717, 1.165) is 0 Å². The third-order valence-electron chi connectivity index (χ3n) is 4.67. The van der Waals surface area contributed by atoms with Crippen molar-refractivity contribution in [2.75, 3.05) is 0 Å². The fourth-order valence-electron chi connectivity index (χ4n) is 3.58. The van der Waals surface area contributed by atoms with Gasteiger partial charge in [0, 0.05) is 33.8 Å². The number of nitrogens with one attached hydrogen (secondary N) is 1. The van der Waals surface area contributed by atoms with Crippen LogP contribution in [0.3, 0.4) is 0 Å². The second-order valence-corrected chi connectivity index (χ2v) is 6.85. The van der Waals surface area contributed by atoms with Gasteiger partial charge in [0.2, 0.25) is 0 Å². The molecule has 1 N–H and O–H groups in total. The normalized spacial score (nSPS) is 16.3. The van der Waals surface area contributed by atoms with E-state index in [1.165, 1.54) is 43.4 Å². The van der Waals surface area contributed by atoms with E-state index < -0.39 is 0 Å². The third kappa shape index (κ3) is 1.52. The molecular weight excluding hydrogens is 268 g/mol. The Morgan fingerprint density at radius 3 is 2.73 bits per heavy atom. The Balaban J connectivity index is 1.97. The highest BCUT2D eigenvalue weighted by Gasteiger charge is 2.17. The van der Waals surface area contributed by atoms with Crippen LogP contribution >= 0.6 is 0 Å². The summed E-state index contributed by atoms with van der Waals surface area (Å²) in [5, 5.41) is 6.29. The summed E-state index contributed by atoms with van der Waals surface area (Å²) in [6.07, 6.45) is 10.7. The van der Waals surface area contributed by atoms with Crippen LogP contribution in [0.25, 0.3) is 44.7 Å². The van der Waals surface area contributed by atoms with Crippen LogP contribution in [0.1, 0.15) is 19.4 Å². The molecule has 1 aliphatic carbocycles. The van der Waals surface area contributed by atoms with Crippen molar-refractivity contribution in [3.05, 3.63) is 53.5 Å². The van der Waals surface area contributed by atoms with E-state index >= 15 is 0 Å². The molecule has 0 spiro atoms. The molecule has 1 aliphatic rings. The maximum Gasteiger partial charge on any atom is 0.0539 e. The smallest absolute Gasteiger partial charge is 0.0539 e. The van der Waals surface area contributed by atoms with Crippen LogP contribution in [0.5, 0.6) is 0 Å². The van der Waals surface area contributed by atoms with Crippen LogP contribution in [0.15, 0.2) is 42.7 Å². The highest BCUT2D eigenvalue weighted by molar-refractivity contribution is 6.12. The molecule has 0 saturated heterocycles. The Labute approximate surface area is 128 Å². The fraction of sp³-hybridized carbons (Fsp3) is 0.150. The van der Waals surface area contributed by atoms with E-state index in [0.29, 0.717) is 0 Å². The average molecular weight is 284 g/mol. The Morgan fingerprint density at radius 2 is 1.82 bits per heavy atom. The fourth-order valence-corrected chi connectivity index (χ4v) is 3.58. The molecule has 5 rings (SSSR count). The first-order chi connectivity index (χ1) is 10.6. The zero-order valence-corrected chi connectivity index (χ0v) is 12.6. The SMILES string of the molecule is CC1(C)C=Cc2cc3cc4cc5cnccc5c4[nH]c3c2=C1. The minimum absolute atomic E-state index is 0.106. The molecule has 0 atom stereocenters. The molecule has 2 heterocycles. The maximum atomic E-state index is 4.23. The highest BCUT2D eigenvalue weighted by Crippen LogP contribution is 2.31. The molecule has 22 heavy (non-hydrogen) atoms. The van der Waals surface area contributed by atoms with Gasteiger partial charge in [-0.1, -0.05) is 32.1 Å². The van der Waals surface area contributed by atoms with Crippen LogP contribution in [0, 0.1) is 5.41 Å². The van der Waals surface area contributed by atoms with Crippen LogP contribution < -0.4 is 5.22 Å². The monoisotopic (exact) mass is 284 g/mol. The quantitative estimate of drug-likeness (QED) is 0.508. The predicted octanol–water partition coefficient (Wildman–Crippen LogP) is 4.42. The molecule has 2 aromatic heterocycles. The largest absolute Gasteiger partial charge is 0.354 e. The first-order valence-corrected chi connectivity index (χ1v) is 7.65. The lowest BCUT2D eigenvalue weighted by Crippen LogP contribution is -2.15. The number of fused-ring (bicyclic) bond motifs is 6. The van der Waals surface area contributed by atoms with Crippen molar-refractivity contribution in [3.8, 4) is 0 Å². The number of pyridine rings is 2. The van der Waals surface area contributed by atoms with E-state index in [9.17, 15) is 0 Å². The summed E-state index contributed by atoms with van der Waals surface area (Å²) in [7, 11) is 0. The lowest BCUT2D eigenvalue weighted by atomic mass is 9.88. The Morgan fingerprint density at radius 1 is 1.00 bits per heavy atom. The second kappa shape index (κ2) is 3.77. The lowest BCUT2D eigenvalue weighted by Gasteiger charge is -2.17. The van der Waals surface area contributed by atoms with E-state index in [2.05, 4.69) is 66.3 Å². The number of allylic oxidation sites excluding steroid dienone is 1. The Kier molecular flexibility index (Phi) is 2.06. The van der Waals surface area contributed by atoms with Crippen LogP contribution in [0.2, 0.25) is 0 Å². The Bertz CT molecular complexity index is 1140. The van der Waals surface area contributed by atoms with Gasteiger partial charge >= 0.3 is 0 Å². The van der Waals surface area contributed by atoms with E-state index in [-0.39, 0.29) is 5.41 Å². The first kappa shape index (κ1) is 12.0. The number of aromatic amines is 1. The summed E-state index contributed by atoms with van der Waals surface area (Å²) in [6.45, 7) is 4.49. The molecule has 0 bridgehead atoms. The molecular formula is C20H16N2. The number of aromatic nitrogens is 2. The van der Waals surface area contributed by atoms with Crippen molar-refractivity contribution in [1.29, 1.82) is 0 Å². The number of nitrogens with zero attached hydrogens (tertiary/aromatic N) is 1. The van der Waals surface area contributed by atoms with Gasteiger partial charge in [-0.05, 0) is 40.6 Å². The summed E-state index contributed by atoms with van der Waals surface area (Å²) in [5.41, 5.74) is 3.86. The molecule has 106 valence electrons. The number of hydrogen-bond acceptors (Lipinski definition) is 1. The standard InChI is InChI=1S/C20H16N2/c1-20(2)5-3-12-7-13-8-14-9-15-11-21-6-4-16(15)18(14)22-19(13)17(12)10-20/h3-11,22H,1-2H3. The lowest BCUT2D eigenvalue weighted by molar-refractivity contribution is 0.670. The summed E-state index contributed by atoms with van der Waals surface area (Å²) in [5.74, 6) is 0. The highest BCUT2D eigenvalue weighted by atomic mass is 14.7. The zero-order chi connectivity index (χ0) is 14.9. The molecule has 0 saturated carbocycles. The van der Waals surface area contributed by atoms with Crippen molar-refractivity contribution in [1.82, 2.24) is 9.97 Å². The molecule has 0 aliphatic heterocycles. The van der Waals surface area contributed by atoms with Gasteiger partial charge in [-0.25, -0.2) is 0 Å². The minimum atomic E-state index is 0.106. The zero-order valence-electron chi connectivity index (χ0n) is 12.6. The van der Waals surface area contributed by atoms with E-state index in [1.54, 1.807) is 0 Å².